The molecule has 0 rings (SSSR count). The van der Waals surface area contributed by atoms with E-state index in [2.05, 4.69) is 48.7 Å². The van der Waals surface area contributed by atoms with E-state index in [9.17, 15) is 0 Å². The molecule has 0 aliphatic rings. The van der Waals surface area contributed by atoms with Gasteiger partial charge in [0.25, 0.3) is 0 Å². The predicted octanol–water partition coefficient (Wildman–Crippen LogP) is 5.69. The molecule has 6 heteroatoms. The highest BCUT2D eigenvalue weighted by atomic mass is 35.5. The average Bonchev–Trinajstić information content (AvgIpc) is 2.79. The fourth-order valence-corrected chi connectivity index (χ4v) is 8.99. The maximum absolute atomic E-state index is 6.36. The van der Waals surface area contributed by atoms with Crippen LogP contribution < -0.4 is 12.4 Å². The quantitative estimate of drug-likeness (QED) is 0.0805. The summed E-state index contributed by atoms with van der Waals surface area (Å²) in [7, 11) is 1.96. The minimum atomic E-state index is -2.73. The molecule has 0 N–H and O–H groups in total. The molecule has 0 saturated carbocycles. The van der Waals surface area contributed by atoms with Gasteiger partial charge in [-0.1, -0.05) is 104 Å². The predicted molar refractivity (Wildman–Crippen MR) is 151 cm³/mol. The molecule has 0 aromatic rings. The van der Waals surface area contributed by atoms with Crippen molar-refractivity contribution < 1.29 is 30.2 Å². The van der Waals surface area contributed by atoms with E-state index < -0.39 is 8.80 Å². The van der Waals surface area contributed by atoms with Crippen molar-refractivity contribution in [1.29, 1.82) is 0 Å². The van der Waals surface area contributed by atoms with E-state index in [-0.39, 0.29) is 12.4 Å². The van der Waals surface area contributed by atoms with Crippen molar-refractivity contribution in [1.82, 2.24) is 0 Å². The molecule has 0 fully saturated rings. The lowest BCUT2D eigenvalue weighted by atomic mass is 10.0. The van der Waals surface area contributed by atoms with E-state index in [1.807, 2.05) is 0 Å². The average molecular weight is 538 g/mol. The van der Waals surface area contributed by atoms with E-state index in [4.69, 9.17) is 13.3 Å². The molecule has 0 spiro atoms. The summed E-state index contributed by atoms with van der Waals surface area (Å²) in [5.41, 5.74) is 0.314. The number of halogens is 1. The van der Waals surface area contributed by atoms with E-state index in [0.717, 1.165) is 23.9 Å². The van der Waals surface area contributed by atoms with Gasteiger partial charge in [0.15, 0.2) is 5.67 Å². The standard InChI is InChI=1S/C29H64NO3Si.ClH/c1-8-13-14-15-16-17-18-19-20-21-22-23-24-25-26-27-29(30(6,7)28-9-2)34(31-10-3,32-11-4)33-12-5;/h29H,8-28H2,1-7H3;1H/q+1;/p-1. The molecule has 35 heavy (non-hydrogen) atoms. The first-order chi connectivity index (χ1) is 16.4. The Balaban J connectivity index is 0. The summed E-state index contributed by atoms with van der Waals surface area (Å²) >= 11 is 0. The number of hydrogen-bond acceptors (Lipinski definition) is 3. The second kappa shape index (κ2) is 24.7. The molecule has 0 bridgehead atoms. The zero-order valence-corrected chi connectivity index (χ0v) is 26.7. The van der Waals surface area contributed by atoms with Gasteiger partial charge in [0.1, 0.15) is 0 Å². The van der Waals surface area contributed by atoms with Crippen LogP contribution in [0.4, 0.5) is 0 Å². The minimum absolute atomic E-state index is 0. The molecule has 0 saturated heterocycles. The normalized spacial score (nSPS) is 13.1. The van der Waals surface area contributed by atoms with Crippen molar-refractivity contribution in [3.63, 3.8) is 0 Å². The Kier molecular flexibility index (Phi) is 26.4. The highest BCUT2D eigenvalue weighted by molar-refractivity contribution is 6.62. The lowest BCUT2D eigenvalue weighted by Crippen LogP contribution is -3.00. The van der Waals surface area contributed by atoms with Crippen LogP contribution in [0.15, 0.2) is 0 Å². The summed E-state index contributed by atoms with van der Waals surface area (Å²) in [5.74, 6) is 0. The molecule has 214 valence electrons. The van der Waals surface area contributed by atoms with E-state index in [1.165, 1.54) is 96.3 Å². The summed E-state index contributed by atoms with van der Waals surface area (Å²) in [6.07, 6.45) is 23.3. The monoisotopic (exact) mass is 537 g/mol. The van der Waals surface area contributed by atoms with Gasteiger partial charge in [-0.2, -0.15) is 0 Å². The zero-order chi connectivity index (χ0) is 25.5. The Bertz CT molecular complexity index is 423. The molecular weight excluding hydrogens is 474 g/mol. The summed E-state index contributed by atoms with van der Waals surface area (Å²) in [4.78, 5) is 0. The van der Waals surface area contributed by atoms with Crippen LogP contribution in [-0.2, 0) is 13.3 Å². The topological polar surface area (TPSA) is 27.7 Å². The van der Waals surface area contributed by atoms with Crippen LogP contribution in [0.1, 0.15) is 144 Å². The number of unbranched alkanes of at least 4 members (excludes halogenated alkanes) is 14. The highest BCUT2D eigenvalue weighted by Crippen LogP contribution is 2.28. The van der Waals surface area contributed by atoms with Gasteiger partial charge in [-0.25, -0.2) is 0 Å². The molecule has 0 aliphatic carbocycles. The maximum atomic E-state index is 6.36. The van der Waals surface area contributed by atoms with E-state index >= 15 is 0 Å². The first kappa shape index (κ1) is 37.5. The van der Waals surface area contributed by atoms with Gasteiger partial charge in [0, 0.05) is 26.2 Å². The second-order valence-electron chi connectivity index (χ2n) is 10.7. The second-order valence-corrected chi connectivity index (χ2v) is 13.4. The van der Waals surface area contributed by atoms with Crippen LogP contribution >= 0.6 is 0 Å². The Morgan fingerprint density at radius 2 is 0.857 bits per heavy atom. The summed E-state index contributed by atoms with van der Waals surface area (Å²) in [6, 6.07) is 0. The van der Waals surface area contributed by atoms with Crippen molar-refractivity contribution in [2.45, 2.75) is 149 Å². The van der Waals surface area contributed by atoms with Gasteiger partial charge in [0.2, 0.25) is 0 Å². The van der Waals surface area contributed by atoms with Crippen molar-refractivity contribution in [3.05, 3.63) is 0 Å². The highest BCUT2D eigenvalue weighted by Gasteiger charge is 2.57. The molecule has 0 amide bonds. The van der Waals surface area contributed by atoms with Crippen LogP contribution in [-0.4, -0.2) is 59.4 Å². The molecule has 1 unspecified atom stereocenters. The third-order valence-corrected chi connectivity index (χ3v) is 11.0. The molecular formula is C29H64ClNO3Si. The lowest BCUT2D eigenvalue weighted by Gasteiger charge is -2.45. The first-order valence-corrected chi connectivity index (χ1v) is 17.0. The van der Waals surface area contributed by atoms with Crippen molar-refractivity contribution in [2.24, 2.45) is 0 Å². The van der Waals surface area contributed by atoms with Gasteiger partial charge < -0.3 is 30.2 Å². The summed E-state index contributed by atoms with van der Waals surface area (Å²) in [6.45, 7) is 13.9. The Labute approximate surface area is 228 Å². The van der Waals surface area contributed by atoms with E-state index in [1.54, 1.807) is 0 Å². The van der Waals surface area contributed by atoms with Crippen LogP contribution in [0.5, 0.6) is 0 Å². The summed E-state index contributed by atoms with van der Waals surface area (Å²) < 4.78 is 20.0. The Hall–Kier alpha value is 0.347. The largest absolute Gasteiger partial charge is 1.00 e. The van der Waals surface area contributed by atoms with Gasteiger partial charge in [0.05, 0.1) is 20.6 Å². The van der Waals surface area contributed by atoms with E-state index in [0.29, 0.717) is 25.5 Å². The Morgan fingerprint density at radius 3 is 1.17 bits per heavy atom. The van der Waals surface area contributed by atoms with Gasteiger partial charge in [-0.05, 0) is 33.6 Å². The maximum Gasteiger partial charge on any atom is 0.562 e. The molecule has 0 aliphatic heterocycles. The molecule has 1 atom stereocenters. The molecule has 0 aromatic heterocycles. The Morgan fingerprint density at radius 1 is 0.514 bits per heavy atom. The van der Waals surface area contributed by atoms with Crippen molar-refractivity contribution >= 4 is 8.80 Å². The minimum Gasteiger partial charge on any atom is -1.00 e. The molecule has 0 aromatic carbocycles. The number of rotatable bonds is 26. The first-order valence-electron chi connectivity index (χ1n) is 15.2. The van der Waals surface area contributed by atoms with Gasteiger partial charge in [-0.3, -0.25) is 0 Å². The van der Waals surface area contributed by atoms with Crippen LogP contribution in [0, 0.1) is 0 Å². The van der Waals surface area contributed by atoms with Crippen LogP contribution in [0.2, 0.25) is 0 Å². The number of hydrogen-bond donors (Lipinski definition) is 0. The molecule has 0 heterocycles. The van der Waals surface area contributed by atoms with Crippen LogP contribution in [0.25, 0.3) is 0 Å². The van der Waals surface area contributed by atoms with Crippen LogP contribution in [0.3, 0.4) is 0 Å². The zero-order valence-electron chi connectivity index (χ0n) is 25.0. The van der Waals surface area contributed by atoms with Crippen molar-refractivity contribution in [3.8, 4) is 0 Å². The van der Waals surface area contributed by atoms with Gasteiger partial charge >= 0.3 is 8.80 Å². The summed E-state index contributed by atoms with van der Waals surface area (Å²) in [5, 5.41) is 0. The lowest BCUT2D eigenvalue weighted by molar-refractivity contribution is -0.906. The number of nitrogens with zero attached hydrogens (tertiary/aromatic N) is 1. The molecule has 4 nitrogen and oxygen atoms in total. The number of quaternary nitrogens is 1. The third-order valence-electron chi connectivity index (χ3n) is 7.17. The molecule has 0 radical (unpaired) electrons. The third kappa shape index (κ3) is 17.5. The van der Waals surface area contributed by atoms with Gasteiger partial charge in [-0.15, -0.1) is 0 Å². The SMILES string of the molecule is CCCCCCCCCCCCCCCCCC([N+](C)(C)CCC)[Si](OCC)(OCC)OCC.[Cl-]. The smallest absolute Gasteiger partial charge is 0.562 e. The fourth-order valence-electron chi connectivity index (χ4n) is 5.41. The fraction of sp³-hybridized carbons (Fsp3) is 1.00. The van der Waals surface area contributed by atoms with Crippen molar-refractivity contribution in [2.75, 3.05) is 40.5 Å².